The number of carbonyl (C=O) groups excluding carboxylic acids is 1. The van der Waals surface area contributed by atoms with Gasteiger partial charge < -0.3 is 16.0 Å². The lowest BCUT2D eigenvalue weighted by atomic mass is 10.1. The minimum atomic E-state index is -0.867. The van der Waals surface area contributed by atoms with Crippen LogP contribution in [0.5, 0.6) is 0 Å². The van der Waals surface area contributed by atoms with Crippen molar-refractivity contribution in [1.82, 2.24) is 10.3 Å². The maximum atomic E-state index is 11.9. The number of aromatic nitrogens is 1. The Morgan fingerprint density at radius 2 is 2.19 bits per heavy atom. The van der Waals surface area contributed by atoms with E-state index in [2.05, 4.69) is 10.3 Å². The Hall–Kier alpha value is -1.66. The summed E-state index contributed by atoms with van der Waals surface area (Å²) in [7, 11) is -0.867. The van der Waals surface area contributed by atoms with E-state index in [9.17, 15) is 9.00 Å². The van der Waals surface area contributed by atoms with E-state index >= 15 is 0 Å². The number of carbonyl (C=O) groups is 1. The highest BCUT2D eigenvalue weighted by Crippen LogP contribution is 2.18. The largest absolute Gasteiger partial charge is 0.361 e. The average Bonchev–Trinajstić information content (AvgIpc) is 2.90. The molecular weight excluding hydrogens is 286 g/mol. The van der Waals surface area contributed by atoms with Gasteiger partial charge in [0.15, 0.2) is 0 Å². The summed E-state index contributed by atoms with van der Waals surface area (Å²) in [6.45, 7) is 2.27. The van der Waals surface area contributed by atoms with Crippen molar-refractivity contribution in [2.45, 2.75) is 19.4 Å². The van der Waals surface area contributed by atoms with Crippen LogP contribution in [-0.4, -0.2) is 39.2 Å². The summed E-state index contributed by atoms with van der Waals surface area (Å²) in [4.78, 5) is 15.1. The van der Waals surface area contributed by atoms with E-state index in [1.807, 2.05) is 37.4 Å². The molecule has 2 aromatic rings. The third-order valence-corrected chi connectivity index (χ3v) is 4.71. The van der Waals surface area contributed by atoms with E-state index < -0.39 is 16.8 Å². The van der Waals surface area contributed by atoms with Crippen molar-refractivity contribution in [2.75, 3.05) is 18.1 Å². The van der Waals surface area contributed by atoms with Gasteiger partial charge in [0.25, 0.3) is 0 Å². The molecule has 114 valence electrons. The van der Waals surface area contributed by atoms with E-state index in [0.717, 1.165) is 16.5 Å². The van der Waals surface area contributed by atoms with Gasteiger partial charge in [-0.2, -0.15) is 0 Å². The lowest BCUT2D eigenvalue weighted by Crippen LogP contribution is -2.43. The molecule has 2 rings (SSSR count). The molecule has 0 radical (unpaired) electrons. The minimum absolute atomic E-state index is 0.201. The van der Waals surface area contributed by atoms with Gasteiger partial charge in [0, 0.05) is 45.9 Å². The maximum absolute atomic E-state index is 11.9. The standard InChI is InChI=1S/C15H21N3O2S/c1-2-21(20)8-7-17-15(19)13(16)9-11-10-18-14-6-4-3-5-12(11)14/h3-6,10,13,18H,2,7-9,16H2,1H3,(H,17,19)/t13-,21?/m1/s1. The van der Waals surface area contributed by atoms with Crippen LogP contribution in [0.3, 0.4) is 0 Å². The van der Waals surface area contributed by atoms with Gasteiger partial charge >= 0.3 is 0 Å². The number of hydrogen-bond donors (Lipinski definition) is 3. The lowest BCUT2D eigenvalue weighted by Gasteiger charge is -2.11. The zero-order chi connectivity index (χ0) is 15.2. The lowest BCUT2D eigenvalue weighted by molar-refractivity contribution is -0.122. The molecule has 4 N–H and O–H groups in total. The molecule has 0 aliphatic carbocycles. The first-order valence-electron chi connectivity index (χ1n) is 7.05. The van der Waals surface area contributed by atoms with Gasteiger partial charge in [-0.25, -0.2) is 0 Å². The third-order valence-electron chi connectivity index (χ3n) is 3.40. The number of nitrogens with one attached hydrogen (secondary N) is 2. The first-order valence-corrected chi connectivity index (χ1v) is 8.54. The highest BCUT2D eigenvalue weighted by Gasteiger charge is 2.15. The van der Waals surface area contributed by atoms with Crippen LogP contribution in [0.4, 0.5) is 0 Å². The highest BCUT2D eigenvalue weighted by atomic mass is 32.2. The topological polar surface area (TPSA) is 88.0 Å². The van der Waals surface area contributed by atoms with E-state index in [-0.39, 0.29) is 5.91 Å². The molecular formula is C15H21N3O2S. The summed E-state index contributed by atoms with van der Waals surface area (Å²) in [5, 5.41) is 3.83. The Morgan fingerprint density at radius 3 is 2.95 bits per heavy atom. The SMILES string of the molecule is CCS(=O)CCNC(=O)[C@H](N)Cc1c[nH]c2ccccc12. The van der Waals surface area contributed by atoms with Gasteiger partial charge in [0.05, 0.1) is 6.04 Å². The van der Waals surface area contributed by atoms with Crippen molar-refractivity contribution < 1.29 is 9.00 Å². The van der Waals surface area contributed by atoms with Crippen LogP contribution < -0.4 is 11.1 Å². The quantitative estimate of drug-likeness (QED) is 0.711. The summed E-state index contributed by atoms with van der Waals surface area (Å²) >= 11 is 0. The first-order chi connectivity index (χ1) is 10.1. The molecule has 2 atom stereocenters. The Labute approximate surface area is 126 Å². The number of nitrogens with two attached hydrogens (primary N) is 1. The predicted octanol–water partition coefficient (Wildman–Crippen LogP) is 0.923. The van der Waals surface area contributed by atoms with Crippen LogP contribution in [0.25, 0.3) is 10.9 Å². The number of rotatable bonds is 7. The second-order valence-electron chi connectivity index (χ2n) is 4.89. The molecule has 1 heterocycles. The molecule has 0 spiro atoms. The zero-order valence-corrected chi connectivity index (χ0v) is 12.9. The fourth-order valence-corrected chi connectivity index (χ4v) is 2.81. The molecule has 0 saturated carbocycles. The molecule has 1 aromatic carbocycles. The number of hydrogen-bond acceptors (Lipinski definition) is 3. The van der Waals surface area contributed by atoms with Crippen LogP contribution >= 0.6 is 0 Å². The Kier molecular flexibility index (Phi) is 5.52. The fourth-order valence-electron chi connectivity index (χ4n) is 2.19. The predicted molar refractivity (Wildman–Crippen MR) is 86.5 cm³/mol. The van der Waals surface area contributed by atoms with Crippen molar-refractivity contribution >= 4 is 27.6 Å². The number of para-hydroxylation sites is 1. The summed E-state index contributed by atoms with van der Waals surface area (Å²) in [5.74, 6) is 0.882. The Balaban J connectivity index is 1.90. The second-order valence-corrected chi connectivity index (χ2v) is 6.76. The summed E-state index contributed by atoms with van der Waals surface area (Å²) in [5.41, 5.74) is 8.02. The van der Waals surface area contributed by atoms with Crippen molar-refractivity contribution in [3.05, 3.63) is 36.0 Å². The average molecular weight is 307 g/mol. The molecule has 5 nitrogen and oxygen atoms in total. The fraction of sp³-hybridized carbons (Fsp3) is 0.400. The van der Waals surface area contributed by atoms with Crippen LogP contribution in [0, 0.1) is 0 Å². The summed E-state index contributed by atoms with van der Waals surface area (Å²) in [6, 6.07) is 7.33. The van der Waals surface area contributed by atoms with Gasteiger partial charge in [0.2, 0.25) is 5.91 Å². The smallest absolute Gasteiger partial charge is 0.237 e. The molecule has 0 aliphatic rings. The van der Waals surface area contributed by atoms with E-state index in [1.165, 1.54) is 0 Å². The van der Waals surface area contributed by atoms with Gasteiger partial charge in [0.1, 0.15) is 0 Å². The molecule has 1 aromatic heterocycles. The van der Waals surface area contributed by atoms with E-state index in [0.29, 0.717) is 24.5 Å². The number of H-pyrrole nitrogens is 1. The van der Waals surface area contributed by atoms with Crippen molar-refractivity contribution in [2.24, 2.45) is 5.73 Å². The first kappa shape index (κ1) is 15.7. The number of aromatic amines is 1. The molecule has 1 unspecified atom stereocenters. The van der Waals surface area contributed by atoms with Crippen LogP contribution in [-0.2, 0) is 22.0 Å². The molecule has 0 bridgehead atoms. The number of amides is 1. The van der Waals surface area contributed by atoms with Gasteiger partial charge in [-0.05, 0) is 18.1 Å². The van der Waals surface area contributed by atoms with Gasteiger partial charge in [-0.1, -0.05) is 25.1 Å². The minimum Gasteiger partial charge on any atom is -0.361 e. The van der Waals surface area contributed by atoms with Gasteiger partial charge in [-0.3, -0.25) is 9.00 Å². The number of fused-ring (bicyclic) bond motifs is 1. The number of benzene rings is 1. The van der Waals surface area contributed by atoms with Crippen molar-refractivity contribution in [3.8, 4) is 0 Å². The zero-order valence-electron chi connectivity index (χ0n) is 12.1. The second kappa shape index (κ2) is 7.38. The molecule has 0 saturated heterocycles. The molecule has 21 heavy (non-hydrogen) atoms. The van der Waals surface area contributed by atoms with E-state index in [1.54, 1.807) is 0 Å². The monoisotopic (exact) mass is 307 g/mol. The summed E-state index contributed by atoms with van der Waals surface area (Å²) in [6.07, 6.45) is 2.37. The molecule has 0 fully saturated rings. The Morgan fingerprint density at radius 1 is 1.43 bits per heavy atom. The maximum Gasteiger partial charge on any atom is 0.237 e. The normalized spacial score (nSPS) is 14.0. The summed E-state index contributed by atoms with van der Waals surface area (Å²) < 4.78 is 11.3. The van der Waals surface area contributed by atoms with Gasteiger partial charge in [-0.15, -0.1) is 0 Å². The van der Waals surface area contributed by atoms with Crippen LogP contribution in [0.2, 0.25) is 0 Å². The Bertz CT molecular complexity index is 639. The highest BCUT2D eigenvalue weighted by molar-refractivity contribution is 7.84. The molecule has 6 heteroatoms. The van der Waals surface area contributed by atoms with Crippen molar-refractivity contribution in [3.63, 3.8) is 0 Å². The molecule has 0 aliphatic heterocycles. The van der Waals surface area contributed by atoms with Crippen LogP contribution in [0.1, 0.15) is 12.5 Å². The van der Waals surface area contributed by atoms with Crippen molar-refractivity contribution in [1.29, 1.82) is 0 Å². The van der Waals surface area contributed by atoms with Crippen LogP contribution in [0.15, 0.2) is 30.5 Å². The molecule has 1 amide bonds. The third kappa shape index (κ3) is 4.15. The van der Waals surface area contributed by atoms with E-state index in [4.69, 9.17) is 5.73 Å².